The van der Waals surface area contributed by atoms with Crippen molar-refractivity contribution in [3.05, 3.63) is 29.8 Å². The fourth-order valence-electron chi connectivity index (χ4n) is 2.68. The average Bonchev–Trinajstić information content (AvgIpc) is 3.09. The van der Waals surface area contributed by atoms with Gasteiger partial charge in [0.2, 0.25) is 0 Å². The highest BCUT2D eigenvalue weighted by atomic mass is 15.2. The molecule has 0 radical (unpaired) electrons. The molecular weight excluding hydrogens is 252 g/mol. The molecule has 6 heteroatoms. The second-order valence-electron chi connectivity index (χ2n) is 5.35. The summed E-state index contributed by atoms with van der Waals surface area (Å²) in [4.78, 5) is 8.08. The largest absolute Gasteiger partial charge is 0.322 e. The van der Waals surface area contributed by atoms with Gasteiger partial charge in [-0.25, -0.2) is 9.97 Å². The lowest BCUT2D eigenvalue weighted by molar-refractivity contribution is 0.591. The highest BCUT2D eigenvalue weighted by molar-refractivity contribution is 5.51. The lowest BCUT2D eigenvalue weighted by atomic mass is 10.0. The average molecular weight is 268 g/mol. The van der Waals surface area contributed by atoms with E-state index in [2.05, 4.69) is 32.4 Å². The van der Waals surface area contributed by atoms with Crippen LogP contribution < -0.4 is 5.32 Å². The zero-order valence-corrected chi connectivity index (χ0v) is 11.3. The molecule has 0 amide bonds. The van der Waals surface area contributed by atoms with Crippen LogP contribution in [0.4, 0.5) is 11.6 Å². The minimum absolute atomic E-state index is 0.304. The Morgan fingerprint density at radius 3 is 2.85 bits per heavy atom. The first-order valence-electron chi connectivity index (χ1n) is 6.79. The van der Waals surface area contributed by atoms with E-state index in [1.807, 2.05) is 12.1 Å². The third-order valence-electron chi connectivity index (χ3n) is 3.75. The molecule has 3 rings (SSSR count). The molecule has 1 aliphatic rings. The number of hydrogen-bond acceptors (Lipinski definition) is 5. The van der Waals surface area contributed by atoms with Crippen molar-refractivity contribution in [3.8, 4) is 6.07 Å². The molecule has 1 fully saturated rings. The van der Waals surface area contributed by atoms with Crippen LogP contribution in [0.1, 0.15) is 43.5 Å². The van der Waals surface area contributed by atoms with Gasteiger partial charge in [0, 0.05) is 17.7 Å². The normalized spacial score (nSPS) is 21.6. The van der Waals surface area contributed by atoms with Gasteiger partial charge < -0.3 is 5.32 Å². The second kappa shape index (κ2) is 5.29. The van der Waals surface area contributed by atoms with Gasteiger partial charge in [-0.15, -0.1) is 0 Å². The highest BCUT2D eigenvalue weighted by Crippen LogP contribution is 2.37. The summed E-state index contributed by atoms with van der Waals surface area (Å²) in [5, 5.41) is 19.1. The van der Waals surface area contributed by atoms with Gasteiger partial charge >= 0.3 is 0 Å². The molecule has 2 heterocycles. The summed E-state index contributed by atoms with van der Waals surface area (Å²) < 4.78 is 0. The van der Waals surface area contributed by atoms with Crippen molar-refractivity contribution in [1.29, 1.82) is 5.26 Å². The van der Waals surface area contributed by atoms with E-state index in [0.29, 0.717) is 17.4 Å². The molecule has 1 saturated carbocycles. The van der Waals surface area contributed by atoms with Crippen molar-refractivity contribution in [2.24, 2.45) is 5.92 Å². The summed E-state index contributed by atoms with van der Waals surface area (Å²) in [6, 6.07) is 3.97. The summed E-state index contributed by atoms with van der Waals surface area (Å²) in [7, 11) is 0. The first-order valence-corrected chi connectivity index (χ1v) is 6.79. The van der Waals surface area contributed by atoms with Crippen LogP contribution in [0, 0.1) is 17.2 Å². The fraction of sp³-hybridized carbons (Fsp3) is 0.429. The molecule has 2 unspecified atom stereocenters. The van der Waals surface area contributed by atoms with E-state index < -0.39 is 0 Å². The zero-order chi connectivity index (χ0) is 13.9. The van der Waals surface area contributed by atoms with Crippen molar-refractivity contribution >= 4 is 11.6 Å². The Balaban J connectivity index is 1.69. The molecule has 2 atom stereocenters. The van der Waals surface area contributed by atoms with Gasteiger partial charge in [-0.1, -0.05) is 13.3 Å². The molecule has 1 aliphatic carbocycles. The maximum Gasteiger partial charge on any atom is 0.158 e. The molecular formula is C14H16N6. The monoisotopic (exact) mass is 268 g/mol. The smallest absolute Gasteiger partial charge is 0.158 e. The van der Waals surface area contributed by atoms with Crippen LogP contribution in [-0.4, -0.2) is 20.2 Å². The summed E-state index contributed by atoms with van der Waals surface area (Å²) >= 11 is 0. The maximum atomic E-state index is 8.67. The topological polar surface area (TPSA) is 90.3 Å². The first-order chi connectivity index (χ1) is 9.74. The lowest BCUT2D eigenvalue weighted by Crippen LogP contribution is -1.95. The molecule has 2 aromatic rings. The van der Waals surface area contributed by atoms with E-state index in [4.69, 9.17) is 5.26 Å². The molecule has 0 bridgehead atoms. The SMILES string of the molecule is CC1CCC(c2cc(Nc3cnc(C#N)cn3)n[nH]2)C1. The molecule has 20 heavy (non-hydrogen) atoms. The quantitative estimate of drug-likeness (QED) is 0.893. The molecule has 0 saturated heterocycles. The minimum atomic E-state index is 0.304. The molecule has 6 nitrogen and oxygen atoms in total. The molecule has 2 aromatic heterocycles. The predicted octanol–water partition coefficient (Wildman–Crippen LogP) is 2.72. The Morgan fingerprint density at radius 2 is 2.20 bits per heavy atom. The standard InChI is InChI=1S/C14H16N6/c1-9-2-3-10(4-9)12-5-13(20-19-12)18-14-8-16-11(6-15)7-17-14/h5,7-10H,2-4H2,1H3,(H2,17,18,19,20). The van der Waals surface area contributed by atoms with Crippen LogP contribution in [0.5, 0.6) is 0 Å². The Morgan fingerprint density at radius 1 is 1.30 bits per heavy atom. The number of aromatic amines is 1. The number of rotatable bonds is 3. The molecule has 0 aromatic carbocycles. The Kier molecular flexibility index (Phi) is 3.33. The Labute approximate surface area is 117 Å². The molecule has 0 spiro atoms. The van der Waals surface area contributed by atoms with E-state index in [9.17, 15) is 0 Å². The summed E-state index contributed by atoms with van der Waals surface area (Å²) in [6.45, 7) is 2.29. The Hall–Kier alpha value is -2.42. The minimum Gasteiger partial charge on any atom is -0.322 e. The number of aromatic nitrogens is 4. The summed E-state index contributed by atoms with van der Waals surface area (Å²) in [6.07, 6.45) is 6.70. The van der Waals surface area contributed by atoms with E-state index >= 15 is 0 Å². The van der Waals surface area contributed by atoms with Crippen molar-refractivity contribution in [2.75, 3.05) is 5.32 Å². The predicted molar refractivity (Wildman–Crippen MR) is 74.4 cm³/mol. The van der Waals surface area contributed by atoms with E-state index in [0.717, 1.165) is 11.7 Å². The van der Waals surface area contributed by atoms with E-state index in [-0.39, 0.29) is 0 Å². The summed E-state index contributed by atoms with van der Waals surface area (Å²) in [5.74, 6) is 2.70. The number of nitrogens with one attached hydrogen (secondary N) is 2. The molecule has 102 valence electrons. The third-order valence-corrected chi connectivity index (χ3v) is 3.75. The van der Waals surface area contributed by atoms with Crippen LogP contribution in [0.15, 0.2) is 18.5 Å². The second-order valence-corrected chi connectivity index (χ2v) is 5.35. The molecule has 2 N–H and O–H groups in total. The number of hydrogen-bond donors (Lipinski definition) is 2. The van der Waals surface area contributed by atoms with Gasteiger partial charge in [0.05, 0.1) is 12.4 Å². The number of nitriles is 1. The van der Waals surface area contributed by atoms with Crippen molar-refractivity contribution < 1.29 is 0 Å². The van der Waals surface area contributed by atoms with Gasteiger partial charge in [-0.05, 0) is 18.8 Å². The number of nitrogens with zero attached hydrogens (tertiary/aromatic N) is 4. The van der Waals surface area contributed by atoms with E-state index in [1.165, 1.54) is 37.4 Å². The first kappa shape index (κ1) is 12.6. The number of anilines is 2. The third kappa shape index (κ3) is 2.62. The maximum absolute atomic E-state index is 8.67. The van der Waals surface area contributed by atoms with Crippen LogP contribution in [0.3, 0.4) is 0 Å². The lowest BCUT2D eigenvalue weighted by Gasteiger charge is -2.05. The van der Waals surface area contributed by atoms with E-state index in [1.54, 1.807) is 0 Å². The number of H-pyrrole nitrogens is 1. The van der Waals surface area contributed by atoms with Gasteiger partial charge in [-0.3, -0.25) is 5.10 Å². The fourth-order valence-corrected chi connectivity index (χ4v) is 2.68. The van der Waals surface area contributed by atoms with Crippen molar-refractivity contribution in [3.63, 3.8) is 0 Å². The zero-order valence-electron chi connectivity index (χ0n) is 11.3. The van der Waals surface area contributed by atoms with Crippen molar-refractivity contribution in [2.45, 2.75) is 32.1 Å². The highest BCUT2D eigenvalue weighted by Gasteiger charge is 2.24. The van der Waals surface area contributed by atoms with Crippen LogP contribution in [0.2, 0.25) is 0 Å². The Bertz CT molecular complexity index is 624. The van der Waals surface area contributed by atoms with Crippen molar-refractivity contribution in [1.82, 2.24) is 20.2 Å². The van der Waals surface area contributed by atoms with Gasteiger partial charge in [0.15, 0.2) is 11.5 Å². The van der Waals surface area contributed by atoms with Crippen LogP contribution in [0.25, 0.3) is 0 Å². The summed E-state index contributed by atoms with van der Waals surface area (Å²) in [5.41, 5.74) is 1.48. The van der Waals surface area contributed by atoms with Crippen LogP contribution >= 0.6 is 0 Å². The van der Waals surface area contributed by atoms with Gasteiger partial charge in [0.1, 0.15) is 11.9 Å². The van der Waals surface area contributed by atoms with Crippen LogP contribution in [-0.2, 0) is 0 Å². The van der Waals surface area contributed by atoms with Gasteiger partial charge in [-0.2, -0.15) is 10.4 Å². The molecule has 0 aliphatic heterocycles. The van der Waals surface area contributed by atoms with Gasteiger partial charge in [0.25, 0.3) is 0 Å².